The van der Waals surface area contributed by atoms with Gasteiger partial charge in [0.15, 0.2) is 0 Å². The Hall–Kier alpha value is -0.620. The van der Waals surface area contributed by atoms with E-state index in [-0.39, 0.29) is 6.10 Å². The molecule has 0 bridgehead atoms. The van der Waals surface area contributed by atoms with Crippen molar-refractivity contribution < 1.29 is 9.47 Å². The van der Waals surface area contributed by atoms with E-state index in [9.17, 15) is 0 Å². The molecule has 0 aliphatic carbocycles. The number of aromatic nitrogens is 2. The van der Waals surface area contributed by atoms with Crippen molar-refractivity contribution in [2.24, 2.45) is 0 Å². The zero-order valence-electron chi connectivity index (χ0n) is 10.3. The molecule has 2 heterocycles. The second kappa shape index (κ2) is 5.79. The third-order valence-electron chi connectivity index (χ3n) is 3.18. The zero-order chi connectivity index (χ0) is 13.2. The van der Waals surface area contributed by atoms with Crippen LogP contribution in [0.15, 0.2) is 22.7 Å². The first-order chi connectivity index (χ1) is 9.28. The molecule has 102 valence electrons. The minimum atomic E-state index is 0.0664. The molecular weight excluding hydrogens is 332 g/mol. The van der Waals surface area contributed by atoms with Crippen LogP contribution in [0.1, 0.15) is 5.82 Å². The van der Waals surface area contributed by atoms with Gasteiger partial charge in [0.1, 0.15) is 5.82 Å². The summed E-state index contributed by atoms with van der Waals surface area (Å²) in [5.74, 6) is 1.25. The minimum absolute atomic E-state index is 0.0664. The number of nitrogens with zero attached hydrogens (tertiary/aromatic N) is 2. The number of imidazole rings is 1. The van der Waals surface area contributed by atoms with Gasteiger partial charge in [-0.2, -0.15) is 0 Å². The molecule has 3 rings (SSSR count). The Morgan fingerprint density at radius 2 is 2.32 bits per heavy atom. The largest absolute Gasteiger partial charge is 0.376 e. The molecule has 1 saturated heterocycles. The summed E-state index contributed by atoms with van der Waals surface area (Å²) in [6, 6.07) is 6.06. The minimum Gasteiger partial charge on any atom is -0.376 e. The van der Waals surface area contributed by atoms with Crippen LogP contribution in [0.5, 0.6) is 0 Å². The molecule has 4 nitrogen and oxygen atoms in total. The van der Waals surface area contributed by atoms with E-state index < -0.39 is 0 Å². The molecule has 1 atom stereocenters. The SMILES string of the molecule is ClCc1nc2cc(Br)ccc2n1CC1COCCO1. The normalized spacial score (nSPS) is 20.0. The Morgan fingerprint density at radius 3 is 3.05 bits per heavy atom. The Kier molecular flexibility index (Phi) is 4.07. The molecule has 0 spiro atoms. The maximum atomic E-state index is 5.99. The summed E-state index contributed by atoms with van der Waals surface area (Å²) in [6.07, 6.45) is 0.0664. The van der Waals surface area contributed by atoms with Gasteiger partial charge in [-0.25, -0.2) is 4.98 Å². The van der Waals surface area contributed by atoms with Gasteiger partial charge in [0.25, 0.3) is 0 Å². The molecule has 2 aromatic rings. The van der Waals surface area contributed by atoms with Crippen molar-refractivity contribution in [1.29, 1.82) is 0 Å². The van der Waals surface area contributed by atoms with Crippen molar-refractivity contribution in [1.82, 2.24) is 9.55 Å². The van der Waals surface area contributed by atoms with E-state index >= 15 is 0 Å². The lowest BCUT2D eigenvalue weighted by Gasteiger charge is -2.24. The fraction of sp³-hybridized carbons (Fsp3) is 0.462. The fourth-order valence-electron chi connectivity index (χ4n) is 2.30. The van der Waals surface area contributed by atoms with Gasteiger partial charge in [0, 0.05) is 4.47 Å². The predicted molar refractivity (Wildman–Crippen MR) is 77.5 cm³/mol. The molecule has 0 radical (unpaired) electrons. The van der Waals surface area contributed by atoms with E-state index in [0.717, 1.165) is 27.9 Å². The van der Waals surface area contributed by atoms with E-state index in [4.69, 9.17) is 21.1 Å². The van der Waals surface area contributed by atoms with Crippen LogP contribution in [0.25, 0.3) is 11.0 Å². The first kappa shape index (κ1) is 13.4. The van der Waals surface area contributed by atoms with Gasteiger partial charge in [-0.3, -0.25) is 0 Å². The van der Waals surface area contributed by atoms with Crippen molar-refractivity contribution in [3.63, 3.8) is 0 Å². The molecule has 6 heteroatoms. The summed E-state index contributed by atoms with van der Waals surface area (Å²) in [5.41, 5.74) is 2.02. The van der Waals surface area contributed by atoms with Crippen LogP contribution in [0, 0.1) is 0 Å². The molecule has 0 saturated carbocycles. The van der Waals surface area contributed by atoms with Crippen molar-refractivity contribution in [2.45, 2.75) is 18.5 Å². The number of rotatable bonds is 3. The number of alkyl halides is 1. The van der Waals surface area contributed by atoms with E-state index in [0.29, 0.717) is 25.7 Å². The molecule has 0 amide bonds. The van der Waals surface area contributed by atoms with Crippen LogP contribution in [0.2, 0.25) is 0 Å². The Bertz CT molecular complexity index is 581. The van der Waals surface area contributed by atoms with Gasteiger partial charge >= 0.3 is 0 Å². The summed E-state index contributed by atoms with van der Waals surface area (Å²) in [4.78, 5) is 4.56. The average molecular weight is 346 g/mol. The third-order valence-corrected chi connectivity index (χ3v) is 3.91. The van der Waals surface area contributed by atoms with Crippen LogP contribution < -0.4 is 0 Å². The van der Waals surface area contributed by atoms with Crippen LogP contribution in [-0.4, -0.2) is 35.5 Å². The molecule has 1 aromatic carbocycles. The first-order valence-corrected chi connectivity index (χ1v) is 7.50. The first-order valence-electron chi connectivity index (χ1n) is 6.18. The highest BCUT2D eigenvalue weighted by Crippen LogP contribution is 2.22. The highest BCUT2D eigenvalue weighted by molar-refractivity contribution is 9.10. The molecule has 19 heavy (non-hydrogen) atoms. The number of hydrogen-bond acceptors (Lipinski definition) is 3. The number of benzene rings is 1. The van der Waals surface area contributed by atoms with Crippen molar-refractivity contribution in [3.8, 4) is 0 Å². The van der Waals surface area contributed by atoms with Crippen molar-refractivity contribution >= 4 is 38.6 Å². The van der Waals surface area contributed by atoms with Crippen molar-refractivity contribution in [3.05, 3.63) is 28.5 Å². The predicted octanol–water partition coefficient (Wildman–Crippen LogP) is 2.95. The monoisotopic (exact) mass is 344 g/mol. The maximum Gasteiger partial charge on any atom is 0.124 e. The van der Waals surface area contributed by atoms with Crippen LogP contribution in [0.4, 0.5) is 0 Å². The summed E-state index contributed by atoms with van der Waals surface area (Å²) in [5, 5.41) is 0. The Balaban J connectivity index is 1.95. The van der Waals surface area contributed by atoms with E-state index in [1.54, 1.807) is 0 Å². The quantitative estimate of drug-likeness (QED) is 0.803. The third kappa shape index (κ3) is 2.79. The molecule has 0 N–H and O–H groups in total. The average Bonchev–Trinajstić information content (AvgIpc) is 2.77. The number of fused-ring (bicyclic) bond motifs is 1. The van der Waals surface area contributed by atoms with Gasteiger partial charge in [0.2, 0.25) is 0 Å². The topological polar surface area (TPSA) is 36.3 Å². The van der Waals surface area contributed by atoms with Gasteiger partial charge < -0.3 is 14.0 Å². The standard InChI is InChI=1S/C13H14BrClN2O2/c14-9-1-2-12-11(5-9)16-13(6-15)17(12)7-10-8-18-3-4-19-10/h1-2,5,10H,3-4,6-8H2. The molecular formula is C13H14BrClN2O2. The van der Waals surface area contributed by atoms with E-state index in [1.165, 1.54) is 0 Å². The lowest BCUT2D eigenvalue weighted by atomic mass is 10.3. The van der Waals surface area contributed by atoms with Gasteiger partial charge in [-0.1, -0.05) is 15.9 Å². The lowest BCUT2D eigenvalue weighted by Crippen LogP contribution is -2.32. The lowest BCUT2D eigenvalue weighted by molar-refractivity contribution is -0.0934. The molecule has 1 aromatic heterocycles. The fourth-order valence-corrected chi connectivity index (χ4v) is 2.86. The van der Waals surface area contributed by atoms with E-state index in [2.05, 4.69) is 25.5 Å². The second-order valence-corrected chi connectivity index (χ2v) is 5.66. The molecule has 1 aliphatic heterocycles. The molecule has 1 fully saturated rings. The number of ether oxygens (including phenoxy) is 2. The van der Waals surface area contributed by atoms with Gasteiger partial charge in [-0.05, 0) is 18.2 Å². The highest BCUT2D eigenvalue weighted by atomic mass is 79.9. The molecule has 1 aliphatic rings. The Morgan fingerprint density at radius 1 is 1.42 bits per heavy atom. The van der Waals surface area contributed by atoms with Crippen LogP contribution in [0.3, 0.4) is 0 Å². The van der Waals surface area contributed by atoms with Gasteiger partial charge in [0.05, 0.1) is 49.4 Å². The van der Waals surface area contributed by atoms with E-state index in [1.807, 2.05) is 18.2 Å². The summed E-state index contributed by atoms with van der Waals surface area (Å²) < 4.78 is 14.3. The van der Waals surface area contributed by atoms with Crippen LogP contribution >= 0.6 is 27.5 Å². The van der Waals surface area contributed by atoms with Gasteiger partial charge in [-0.15, -0.1) is 11.6 Å². The maximum absolute atomic E-state index is 5.99. The van der Waals surface area contributed by atoms with Crippen molar-refractivity contribution in [2.75, 3.05) is 19.8 Å². The number of hydrogen-bond donors (Lipinski definition) is 0. The second-order valence-electron chi connectivity index (χ2n) is 4.47. The summed E-state index contributed by atoms with van der Waals surface area (Å²) in [6.45, 7) is 2.67. The summed E-state index contributed by atoms with van der Waals surface area (Å²) in [7, 11) is 0. The smallest absolute Gasteiger partial charge is 0.124 e. The van der Waals surface area contributed by atoms with Crippen LogP contribution in [-0.2, 0) is 21.9 Å². The Labute approximate surface area is 124 Å². The highest BCUT2D eigenvalue weighted by Gasteiger charge is 2.18. The zero-order valence-corrected chi connectivity index (χ0v) is 12.7. The molecule has 1 unspecified atom stereocenters. The summed E-state index contributed by atoms with van der Waals surface area (Å²) >= 11 is 9.45. The number of halogens is 2.